The van der Waals surface area contributed by atoms with Gasteiger partial charge in [-0.05, 0) is 50.2 Å². The highest BCUT2D eigenvalue weighted by atomic mass is 32.2. The Bertz CT molecular complexity index is 1690. The van der Waals surface area contributed by atoms with Gasteiger partial charge in [0.25, 0.3) is 5.91 Å². The Labute approximate surface area is 214 Å². The van der Waals surface area contributed by atoms with E-state index in [1.54, 1.807) is 12.1 Å². The van der Waals surface area contributed by atoms with Gasteiger partial charge in [-0.2, -0.15) is 0 Å². The van der Waals surface area contributed by atoms with Crippen molar-refractivity contribution in [2.75, 3.05) is 55.7 Å². The van der Waals surface area contributed by atoms with Crippen LogP contribution in [-0.2, 0) is 16.9 Å². The second-order valence-corrected chi connectivity index (χ2v) is 12.2. The third-order valence-electron chi connectivity index (χ3n) is 7.59. The lowest BCUT2D eigenvalue weighted by atomic mass is 10.1. The summed E-state index contributed by atoms with van der Waals surface area (Å²) in [7, 11) is -1.19. The number of aryl methyl sites for hydroxylation is 1. The van der Waals surface area contributed by atoms with Crippen molar-refractivity contribution in [3.05, 3.63) is 52.2 Å². The van der Waals surface area contributed by atoms with Crippen molar-refractivity contribution in [2.24, 2.45) is 7.05 Å². The average molecular weight is 523 g/mol. The minimum Gasteiger partial charge on any atom is -0.355 e. The van der Waals surface area contributed by atoms with Gasteiger partial charge in [0.15, 0.2) is 15.5 Å². The van der Waals surface area contributed by atoms with Gasteiger partial charge in [-0.25, -0.2) is 13.4 Å². The number of benzene rings is 1. The van der Waals surface area contributed by atoms with E-state index < -0.39 is 9.84 Å². The highest BCUT2D eigenvalue weighted by molar-refractivity contribution is 7.91. The van der Waals surface area contributed by atoms with Crippen molar-refractivity contribution in [1.82, 2.24) is 24.2 Å². The summed E-state index contributed by atoms with van der Waals surface area (Å²) < 4.78 is 27.6. The maximum Gasteiger partial charge on any atom is 0.259 e. The zero-order valence-corrected chi connectivity index (χ0v) is 21.6. The van der Waals surface area contributed by atoms with E-state index in [2.05, 4.69) is 10.2 Å². The zero-order valence-electron chi connectivity index (χ0n) is 20.8. The Morgan fingerprint density at radius 1 is 1.00 bits per heavy atom. The molecule has 0 aliphatic carbocycles. The number of carbonyl (C=O) groups is 1. The maximum absolute atomic E-state index is 13.8. The molecular weight excluding hydrogens is 492 g/mol. The lowest BCUT2D eigenvalue weighted by molar-refractivity contribution is 0.0950. The molecule has 6 rings (SSSR count). The van der Waals surface area contributed by atoms with Gasteiger partial charge in [0.2, 0.25) is 5.43 Å². The standard InChI is InChI=1S/C26H30N6O4S/c1-29-19-6-2-3-7-20(19)32-24-18(8-9-21(28-24)31-14-16-37(35,36)17-15-31)23(33)22(26(29)32)25(34)27-10-13-30-11-4-5-12-30/h2-3,6-9H,4-5,10-17H2,1H3,(H,27,34). The van der Waals surface area contributed by atoms with Crippen LogP contribution in [0, 0.1) is 0 Å². The van der Waals surface area contributed by atoms with Gasteiger partial charge in [0.1, 0.15) is 17.0 Å². The fraction of sp³-hybridized carbons (Fsp3) is 0.423. The molecule has 10 nitrogen and oxygen atoms in total. The number of nitrogens with zero attached hydrogens (tertiary/aromatic N) is 5. The number of carbonyl (C=O) groups excluding carboxylic acids is 1. The topological polar surface area (TPSA) is 109 Å². The third-order valence-corrected chi connectivity index (χ3v) is 9.20. The number of anilines is 1. The van der Waals surface area contributed by atoms with Crippen molar-refractivity contribution in [2.45, 2.75) is 12.8 Å². The first kappa shape index (κ1) is 23.9. The normalized spacial score (nSPS) is 18.2. The molecule has 5 heterocycles. The fourth-order valence-corrected chi connectivity index (χ4v) is 6.78. The molecule has 194 valence electrons. The summed E-state index contributed by atoms with van der Waals surface area (Å²) in [6.45, 7) is 4.02. The highest BCUT2D eigenvalue weighted by Crippen LogP contribution is 2.27. The van der Waals surface area contributed by atoms with Gasteiger partial charge >= 0.3 is 0 Å². The molecule has 2 saturated heterocycles. The number of rotatable bonds is 5. The fourth-order valence-electron chi connectivity index (χ4n) is 5.58. The first-order valence-corrected chi connectivity index (χ1v) is 14.5. The summed E-state index contributed by atoms with van der Waals surface area (Å²) >= 11 is 0. The molecule has 0 radical (unpaired) electrons. The van der Waals surface area contributed by atoms with E-state index in [1.165, 1.54) is 12.8 Å². The lowest BCUT2D eigenvalue weighted by Gasteiger charge is -2.27. The van der Waals surface area contributed by atoms with Crippen LogP contribution in [0.4, 0.5) is 5.82 Å². The van der Waals surface area contributed by atoms with Crippen molar-refractivity contribution < 1.29 is 13.2 Å². The molecule has 3 aromatic heterocycles. The minimum absolute atomic E-state index is 0.0763. The minimum atomic E-state index is -3.04. The molecule has 2 aliphatic heterocycles. The van der Waals surface area contributed by atoms with Crippen molar-refractivity contribution >= 4 is 49.3 Å². The summed E-state index contributed by atoms with van der Waals surface area (Å²) in [5.74, 6) is 0.380. The first-order valence-electron chi connectivity index (χ1n) is 12.7. The Morgan fingerprint density at radius 2 is 1.70 bits per heavy atom. The van der Waals surface area contributed by atoms with Gasteiger partial charge in [-0.15, -0.1) is 0 Å². The number of hydrogen-bond acceptors (Lipinski definition) is 7. The maximum atomic E-state index is 13.8. The number of sulfone groups is 1. The molecule has 11 heteroatoms. The van der Waals surface area contributed by atoms with Crippen molar-refractivity contribution in [1.29, 1.82) is 0 Å². The molecular formula is C26H30N6O4S. The predicted octanol–water partition coefficient (Wildman–Crippen LogP) is 1.40. The number of pyridine rings is 2. The van der Waals surface area contributed by atoms with Crippen LogP contribution in [0.1, 0.15) is 23.2 Å². The van der Waals surface area contributed by atoms with Crippen molar-refractivity contribution in [3.63, 3.8) is 0 Å². The van der Waals surface area contributed by atoms with E-state index in [1.807, 2.05) is 45.2 Å². The van der Waals surface area contributed by atoms with Crippen LogP contribution in [-0.4, -0.2) is 84.0 Å². The molecule has 0 saturated carbocycles. The van der Waals surface area contributed by atoms with E-state index in [0.717, 1.165) is 30.7 Å². The quantitative estimate of drug-likeness (QED) is 0.422. The number of amides is 1. The van der Waals surface area contributed by atoms with Gasteiger partial charge in [0.05, 0.1) is 27.9 Å². The Morgan fingerprint density at radius 3 is 2.43 bits per heavy atom. The van der Waals surface area contributed by atoms with Gasteiger partial charge in [-0.1, -0.05) is 12.1 Å². The van der Waals surface area contributed by atoms with E-state index >= 15 is 0 Å². The molecule has 0 atom stereocenters. The van der Waals surface area contributed by atoms with E-state index in [-0.39, 0.29) is 28.4 Å². The monoisotopic (exact) mass is 522 g/mol. The number of para-hydroxylation sites is 2. The van der Waals surface area contributed by atoms with E-state index in [4.69, 9.17) is 4.98 Å². The van der Waals surface area contributed by atoms with Crippen molar-refractivity contribution in [3.8, 4) is 0 Å². The molecule has 2 aliphatic rings. The summed E-state index contributed by atoms with van der Waals surface area (Å²) in [4.78, 5) is 36.3. The smallest absolute Gasteiger partial charge is 0.259 e. The SMILES string of the molecule is Cn1c2ccccc2n2c3nc(N4CCS(=O)(=O)CC4)ccc3c(=O)c(C(=O)NCCN3CCCC3)c12. The zero-order chi connectivity index (χ0) is 25.7. The molecule has 2 fully saturated rings. The summed E-state index contributed by atoms with van der Waals surface area (Å²) in [6, 6.07) is 11.2. The van der Waals surface area contributed by atoms with E-state index in [9.17, 15) is 18.0 Å². The summed E-state index contributed by atoms with van der Waals surface area (Å²) in [5.41, 5.74) is 2.39. The van der Waals surface area contributed by atoms with Crippen LogP contribution in [0.25, 0.3) is 27.7 Å². The first-order chi connectivity index (χ1) is 17.8. The number of hydrogen-bond donors (Lipinski definition) is 1. The van der Waals surface area contributed by atoms with Gasteiger partial charge in [-0.3, -0.25) is 14.0 Å². The molecule has 1 N–H and O–H groups in total. The molecule has 0 spiro atoms. The Hall–Kier alpha value is -3.44. The number of aromatic nitrogens is 3. The lowest BCUT2D eigenvalue weighted by Crippen LogP contribution is -2.40. The van der Waals surface area contributed by atoms with Gasteiger partial charge in [0, 0.05) is 33.2 Å². The van der Waals surface area contributed by atoms with Crippen LogP contribution in [0.3, 0.4) is 0 Å². The number of nitrogens with one attached hydrogen (secondary N) is 1. The number of imidazole rings is 1. The molecule has 1 aromatic carbocycles. The highest BCUT2D eigenvalue weighted by Gasteiger charge is 2.26. The predicted molar refractivity (Wildman–Crippen MR) is 144 cm³/mol. The summed E-state index contributed by atoms with van der Waals surface area (Å²) in [5, 5.41) is 3.33. The Balaban J connectivity index is 1.49. The number of likely N-dealkylation sites (tertiary alicyclic amines) is 1. The molecule has 0 unspecified atom stereocenters. The second-order valence-electron chi connectivity index (χ2n) is 9.90. The Kier molecular flexibility index (Phi) is 5.91. The molecule has 4 aromatic rings. The molecule has 1 amide bonds. The van der Waals surface area contributed by atoms with Crippen LogP contribution < -0.4 is 15.6 Å². The van der Waals surface area contributed by atoms with Crippen LogP contribution >= 0.6 is 0 Å². The largest absolute Gasteiger partial charge is 0.355 e. The number of fused-ring (bicyclic) bond motifs is 5. The second kappa shape index (κ2) is 9.14. The third kappa shape index (κ3) is 4.15. The average Bonchev–Trinajstić information content (AvgIpc) is 3.51. The van der Waals surface area contributed by atoms with E-state index in [0.29, 0.717) is 42.1 Å². The van der Waals surface area contributed by atoms with Crippen LogP contribution in [0.15, 0.2) is 41.2 Å². The summed E-state index contributed by atoms with van der Waals surface area (Å²) in [6.07, 6.45) is 2.36. The van der Waals surface area contributed by atoms with Crippen LogP contribution in [0.5, 0.6) is 0 Å². The molecule has 37 heavy (non-hydrogen) atoms. The van der Waals surface area contributed by atoms with Crippen LogP contribution in [0.2, 0.25) is 0 Å². The molecule has 0 bridgehead atoms. The van der Waals surface area contributed by atoms with Gasteiger partial charge < -0.3 is 19.7 Å².